The molecular formula is C86H42F6N12. The van der Waals surface area contributed by atoms with Crippen molar-refractivity contribution in [3.8, 4) is 102 Å². The van der Waals surface area contributed by atoms with Gasteiger partial charge in [0.1, 0.15) is 0 Å². The summed E-state index contributed by atoms with van der Waals surface area (Å²) in [5.74, 6) is -4.15. The van der Waals surface area contributed by atoms with E-state index in [0.717, 1.165) is 40.6 Å². The van der Waals surface area contributed by atoms with Gasteiger partial charge in [0.15, 0.2) is 40.2 Å². The molecule has 0 saturated carbocycles. The van der Waals surface area contributed by atoms with Crippen LogP contribution in [0.1, 0.15) is 22.3 Å². The molecule has 18 heteroatoms. The summed E-state index contributed by atoms with van der Waals surface area (Å²) in [6, 6.07) is 70.7. The molecular weight excluding hydrogens is 1320 g/mol. The molecule has 0 aliphatic carbocycles. The standard InChI is InChI=1S/C44H23F3N6.C42H19F3N6/c1-25-19-31(22-32(20-25)44(45,46)47)29-7-6-8-30(21-29)40-39-36(50-3)23-37-43(38(39)34-9-4-5-10-35(34)51-40)53-42(27-13-11-26(24-48)12-14-27)41(52-37)28-15-17-33(49-2)18-16-28;1-47-29-16-14-25(15-17-29)40-41(24-12-10-23(22-46)11-13-24)51-42-35(50-40)21-34(48-2)37-36(42)30-8-3-4-9-33(30)49-39(37)27-7-5-6-26(18-27)28-19-31(43)38(45)32(44)20-28/h4-23H,1H3;3-21H. The van der Waals surface area contributed by atoms with Crippen molar-refractivity contribution < 1.29 is 26.3 Å². The van der Waals surface area contributed by atoms with Crippen LogP contribution in [0.25, 0.3) is 175 Å². The third-order valence-corrected chi connectivity index (χ3v) is 17.8. The number of pyridine rings is 2. The Morgan fingerprint density at radius 3 is 1.11 bits per heavy atom. The summed E-state index contributed by atoms with van der Waals surface area (Å²) in [5, 5.41) is 22.8. The second-order valence-corrected chi connectivity index (χ2v) is 24.2. The number of halogens is 6. The van der Waals surface area contributed by atoms with Crippen molar-refractivity contribution in [1.82, 2.24) is 29.9 Å². The van der Waals surface area contributed by atoms with Gasteiger partial charge in [0.05, 0.1) is 122 Å². The first-order valence-electron chi connectivity index (χ1n) is 31.9. The number of nitrogens with zero attached hydrogens (tertiary/aromatic N) is 12. The van der Waals surface area contributed by atoms with Gasteiger partial charge in [-0.1, -0.05) is 152 Å². The Morgan fingerprint density at radius 2 is 0.712 bits per heavy atom. The minimum absolute atomic E-state index is 0.143. The summed E-state index contributed by atoms with van der Waals surface area (Å²) in [7, 11) is 0. The Kier molecular flexibility index (Phi) is 16.6. The van der Waals surface area contributed by atoms with Crippen LogP contribution in [0.15, 0.2) is 237 Å². The summed E-state index contributed by atoms with van der Waals surface area (Å²) in [4.78, 5) is 45.7. The zero-order chi connectivity index (χ0) is 72.1. The number of benzene rings is 12. The van der Waals surface area contributed by atoms with Gasteiger partial charge in [0.25, 0.3) is 0 Å². The Labute approximate surface area is 588 Å². The predicted molar refractivity (Wildman–Crippen MR) is 392 cm³/mol. The van der Waals surface area contributed by atoms with Gasteiger partial charge < -0.3 is 0 Å². The maximum absolute atomic E-state index is 14.2. The topological polar surface area (TPSA) is 142 Å². The summed E-state index contributed by atoms with van der Waals surface area (Å²) < 4.78 is 83.7. The van der Waals surface area contributed by atoms with Crippen molar-refractivity contribution in [3.63, 3.8) is 0 Å². The quantitative estimate of drug-likeness (QED) is 0.0633. The summed E-state index contributed by atoms with van der Waals surface area (Å²) >= 11 is 0. The first kappa shape index (κ1) is 65.1. The van der Waals surface area contributed by atoms with E-state index in [0.29, 0.717) is 161 Å². The van der Waals surface area contributed by atoms with E-state index in [-0.39, 0.29) is 16.9 Å². The van der Waals surface area contributed by atoms with Crippen molar-refractivity contribution in [1.29, 1.82) is 10.5 Å². The smallest absolute Gasteiger partial charge is 0.248 e. The van der Waals surface area contributed by atoms with E-state index < -0.39 is 29.2 Å². The van der Waals surface area contributed by atoms with Crippen molar-refractivity contribution in [2.24, 2.45) is 0 Å². The lowest BCUT2D eigenvalue weighted by molar-refractivity contribution is -0.137. The van der Waals surface area contributed by atoms with Crippen LogP contribution in [0.3, 0.4) is 0 Å². The number of fused-ring (bicyclic) bond motifs is 10. The molecule has 0 amide bonds. The molecule has 104 heavy (non-hydrogen) atoms. The molecule has 16 aromatic rings. The molecule has 16 rings (SSSR count). The van der Waals surface area contributed by atoms with E-state index in [1.807, 2.05) is 78.9 Å². The minimum atomic E-state index is -4.50. The van der Waals surface area contributed by atoms with Crippen LogP contribution in [0.4, 0.5) is 49.1 Å². The summed E-state index contributed by atoms with van der Waals surface area (Å²) in [6.07, 6.45) is -4.50. The van der Waals surface area contributed by atoms with E-state index in [4.69, 9.17) is 56.2 Å². The van der Waals surface area contributed by atoms with Crippen molar-refractivity contribution >= 4 is 88.2 Å². The third kappa shape index (κ3) is 11.9. The van der Waals surface area contributed by atoms with Gasteiger partial charge in [-0.25, -0.2) is 62.5 Å². The van der Waals surface area contributed by atoms with Crippen LogP contribution < -0.4 is 0 Å². The molecule has 0 N–H and O–H groups in total. The normalized spacial score (nSPS) is 11.2. The molecule has 0 aliphatic heterocycles. The predicted octanol–water partition coefficient (Wildman–Crippen LogP) is 23.7. The molecule has 4 aromatic heterocycles. The van der Waals surface area contributed by atoms with E-state index in [9.17, 15) is 36.9 Å². The molecule has 0 saturated heterocycles. The fraction of sp³-hybridized carbons (Fsp3) is 0.0233. The fourth-order valence-corrected chi connectivity index (χ4v) is 13.0. The van der Waals surface area contributed by atoms with Gasteiger partial charge in [-0.2, -0.15) is 23.7 Å². The maximum atomic E-state index is 14.2. The van der Waals surface area contributed by atoms with Crippen LogP contribution in [-0.2, 0) is 6.18 Å². The van der Waals surface area contributed by atoms with Crippen LogP contribution in [0.5, 0.6) is 0 Å². The van der Waals surface area contributed by atoms with Crippen molar-refractivity contribution in [2.45, 2.75) is 13.1 Å². The molecule has 488 valence electrons. The average Bonchev–Trinajstić information content (AvgIpc) is 0.726. The van der Waals surface area contributed by atoms with Gasteiger partial charge in [0, 0.05) is 54.6 Å². The number of rotatable bonds is 8. The monoisotopic (exact) mass is 1360 g/mol. The first-order chi connectivity index (χ1) is 50.5. The highest BCUT2D eigenvalue weighted by Gasteiger charge is 2.32. The van der Waals surface area contributed by atoms with Crippen LogP contribution in [-0.4, -0.2) is 29.9 Å². The number of hydrogen-bond donors (Lipinski definition) is 0. The van der Waals surface area contributed by atoms with E-state index in [2.05, 4.69) is 31.5 Å². The highest BCUT2D eigenvalue weighted by atomic mass is 19.4. The molecule has 0 radical (unpaired) electrons. The average molecular weight is 1360 g/mol. The second kappa shape index (κ2) is 26.5. The Hall–Kier alpha value is -14.8. The number of hydrogen-bond acceptors (Lipinski definition) is 8. The first-order valence-corrected chi connectivity index (χ1v) is 31.9. The highest BCUT2D eigenvalue weighted by molar-refractivity contribution is 6.27. The van der Waals surface area contributed by atoms with Crippen molar-refractivity contribution in [3.05, 3.63) is 322 Å². The Morgan fingerprint density at radius 1 is 0.337 bits per heavy atom. The molecule has 0 spiro atoms. The second-order valence-electron chi connectivity index (χ2n) is 24.2. The summed E-state index contributed by atoms with van der Waals surface area (Å²) in [5.41, 5.74) is 14.1. The third-order valence-electron chi connectivity index (χ3n) is 17.8. The molecule has 4 heterocycles. The van der Waals surface area contributed by atoms with Crippen LogP contribution in [0.2, 0.25) is 0 Å². The van der Waals surface area contributed by atoms with Crippen LogP contribution >= 0.6 is 0 Å². The van der Waals surface area contributed by atoms with Crippen molar-refractivity contribution in [2.75, 3.05) is 0 Å². The van der Waals surface area contributed by atoms with Gasteiger partial charge in [-0.3, -0.25) is 0 Å². The number of para-hydroxylation sites is 2. The Bertz CT molecular complexity index is 6550. The maximum Gasteiger partial charge on any atom is 0.416 e. The molecule has 0 unspecified atom stereocenters. The lowest BCUT2D eigenvalue weighted by Gasteiger charge is -2.17. The summed E-state index contributed by atoms with van der Waals surface area (Å²) in [6.45, 7) is 33.0. The molecule has 0 bridgehead atoms. The zero-order valence-electron chi connectivity index (χ0n) is 54.2. The number of aryl methyl sites for hydroxylation is 1. The Balaban J connectivity index is 0.000000167. The fourth-order valence-electron chi connectivity index (χ4n) is 13.0. The minimum Gasteiger partial charge on any atom is -0.248 e. The number of aromatic nitrogens is 6. The van der Waals surface area contributed by atoms with Crippen LogP contribution in [0, 0.1) is 73.3 Å². The van der Waals surface area contributed by atoms with Gasteiger partial charge in [-0.15, -0.1) is 0 Å². The van der Waals surface area contributed by atoms with E-state index in [1.165, 1.54) is 0 Å². The molecule has 0 fully saturated rings. The van der Waals surface area contributed by atoms with Gasteiger partial charge in [0.2, 0.25) is 0 Å². The van der Waals surface area contributed by atoms with Gasteiger partial charge >= 0.3 is 6.18 Å². The molecule has 12 aromatic carbocycles. The highest BCUT2D eigenvalue weighted by Crippen LogP contribution is 2.48. The van der Waals surface area contributed by atoms with E-state index >= 15 is 0 Å². The lowest BCUT2D eigenvalue weighted by atomic mass is 9.94. The SMILES string of the molecule is [C-]#[N+]c1ccc(-c2nc3cc([N+]#[C-])c4c(-c5cccc(-c6cc(C)cc(C(F)(F)F)c6)c5)nc5ccccc5c4c3nc2-c2ccc(C#N)cc2)cc1.[C-]#[N+]c1ccc(-c2nc3cc([N+]#[C-])c4c(-c5cccc(-c6cc(F)c(F)c(F)c6)c5)nc5ccccc5c4c3nc2-c2ccc(C#N)cc2)cc1. The number of alkyl halides is 3. The lowest BCUT2D eigenvalue weighted by Crippen LogP contribution is -2.05. The number of nitriles is 2. The van der Waals surface area contributed by atoms with Gasteiger partial charge in [-0.05, 0) is 131 Å². The molecule has 0 aliphatic rings. The molecule has 0 atom stereocenters. The molecule has 12 nitrogen and oxygen atoms in total. The van der Waals surface area contributed by atoms with E-state index in [1.54, 1.807) is 140 Å². The zero-order valence-corrected chi connectivity index (χ0v) is 54.2. The largest absolute Gasteiger partial charge is 0.416 e.